The third-order valence-electron chi connectivity index (χ3n) is 0.364. The molecule has 5 N–H and O–H groups in total. The van der Waals surface area contributed by atoms with Crippen LogP contribution in [0.15, 0.2) is 5.70 Å². The molecule has 0 atom stereocenters. The van der Waals surface area contributed by atoms with Gasteiger partial charge in [0.15, 0.2) is 0 Å². The number of rotatable bonds is 1. The van der Waals surface area contributed by atoms with Gasteiger partial charge in [-0.05, 0) is 0 Å². The molecule has 38 valence electrons. The fourth-order valence-corrected chi connectivity index (χ4v) is 0.0456. The maximum atomic E-state index is 7.84. The second kappa shape index (κ2) is 5.92. The van der Waals surface area contributed by atoms with Gasteiger partial charge < -0.3 is 16.6 Å². The van der Waals surface area contributed by atoms with Gasteiger partial charge in [-0.1, -0.05) is 0 Å². The van der Waals surface area contributed by atoms with Crippen molar-refractivity contribution in [1.82, 2.24) is 0 Å². The van der Waals surface area contributed by atoms with Crippen molar-refractivity contribution in [2.75, 3.05) is 6.54 Å². The van der Waals surface area contributed by atoms with Gasteiger partial charge in [0.25, 0.3) is 0 Å². The van der Waals surface area contributed by atoms with Crippen LogP contribution in [0.1, 0.15) is 0 Å². The molecule has 0 amide bonds. The Balaban J connectivity index is 0. The second-order valence-corrected chi connectivity index (χ2v) is 0.841. The summed E-state index contributed by atoms with van der Waals surface area (Å²) in [5, 5.41) is 7.84. The van der Waals surface area contributed by atoms with E-state index in [2.05, 4.69) is 0 Å². The number of aliphatic hydroxyl groups excluding tert-OH is 1. The fraction of sp³-hybridized carbons (Fsp3) is 0.333. The average Bonchev–Trinajstić information content (AvgIpc) is 1.65. The smallest absolute Gasteiger partial charge is 0.00134 e. The van der Waals surface area contributed by atoms with E-state index in [1.54, 1.807) is 6.26 Å². The van der Waals surface area contributed by atoms with Gasteiger partial charge in [-0.25, -0.2) is 0 Å². The summed E-state index contributed by atoms with van der Waals surface area (Å²) >= 11 is 0. The minimum Gasteiger partial charge on any atom is -0.704 e. The first-order valence-corrected chi connectivity index (χ1v) is 1.52. The molecular formula is C3H7N2OZn-. The van der Waals surface area contributed by atoms with Crippen LogP contribution < -0.4 is 11.5 Å². The van der Waals surface area contributed by atoms with E-state index in [1.807, 2.05) is 0 Å². The van der Waals surface area contributed by atoms with E-state index in [0.717, 1.165) is 0 Å². The minimum atomic E-state index is 0. The molecule has 0 aliphatic carbocycles. The molecule has 0 heterocycles. The minimum absolute atomic E-state index is 0. The van der Waals surface area contributed by atoms with E-state index in [4.69, 9.17) is 16.6 Å². The first kappa shape index (κ1) is 10.0. The molecule has 0 radical (unpaired) electrons. The molecule has 0 aliphatic rings. The predicted octanol–water partition coefficient (Wildman–Crippen LogP) is -0.896. The Morgan fingerprint density at radius 1 is 1.71 bits per heavy atom. The first-order valence-electron chi connectivity index (χ1n) is 1.52. The molecule has 0 aromatic heterocycles. The molecule has 0 saturated carbocycles. The monoisotopic (exact) mass is 151 g/mol. The van der Waals surface area contributed by atoms with Crippen molar-refractivity contribution >= 4 is 0 Å². The Hall–Kier alpha value is -0.0766. The molecule has 0 aromatic rings. The Kier molecular flexibility index (Phi) is 8.48. The van der Waals surface area contributed by atoms with Crippen molar-refractivity contribution in [3.05, 3.63) is 12.0 Å². The molecule has 0 fully saturated rings. The van der Waals surface area contributed by atoms with Gasteiger partial charge in [-0.2, -0.15) is 0 Å². The third-order valence-corrected chi connectivity index (χ3v) is 0.364. The summed E-state index contributed by atoms with van der Waals surface area (Å²) in [5.41, 5.74) is 9.98. The van der Waals surface area contributed by atoms with Crippen LogP contribution in [0.25, 0.3) is 0 Å². The zero-order valence-electron chi connectivity index (χ0n) is 4.02. The van der Waals surface area contributed by atoms with E-state index < -0.39 is 0 Å². The van der Waals surface area contributed by atoms with Crippen molar-refractivity contribution in [3.63, 3.8) is 0 Å². The van der Waals surface area contributed by atoms with Crippen molar-refractivity contribution in [2.45, 2.75) is 0 Å². The van der Waals surface area contributed by atoms with Crippen molar-refractivity contribution in [2.24, 2.45) is 11.5 Å². The summed E-state index contributed by atoms with van der Waals surface area (Å²) in [6, 6.07) is 0. The van der Waals surface area contributed by atoms with Crippen LogP contribution in [0.4, 0.5) is 0 Å². The van der Waals surface area contributed by atoms with Gasteiger partial charge in [0.1, 0.15) is 0 Å². The number of hydrogen-bond acceptors (Lipinski definition) is 3. The molecule has 0 unspecified atom stereocenters. The summed E-state index contributed by atoms with van der Waals surface area (Å²) in [6.45, 7) is 0.163. The number of hydrogen-bond donors (Lipinski definition) is 3. The maximum absolute atomic E-state index is 7.84. The van der Waals surface area contributed by atoms with E-state index in [-0.39, 0.29) is 31.7 Å². The summed E-state index contributed by atoms with van der Waals surface area (Å²) in [7, 11) is 0. The van der Waals surface area contributed by atoms with Gasteiger partial charge in [-0.3, -0.25) is 6.26 Å². The number of aliphatic hydroxyl groups is 1. The van der Waals surface area contributed by atoms with E-state index in [9.17, 15) is 0 Å². The Morgan fingerprint density at radius 2 is 2.14 bits per heavy atom. The summed E-state index contributed by atoms with van der Waals surface area (Å²) in [6.07, 6.45) is 1.68. The Morgan fingerprint density at radius 3 is 2.14 bits per heavy atom. The molecule has 0 saturated heterocycles. The standard InChI is InChI=1S/C3H7N2O.Zn/c4-1-3(5)2-6;/h6H,1,4-5H2;/q-1;. The first-order chi connectivity index (χ1) is 2.81. The molecule has 0 aliphatic heterocycles. The van der Waals surface area contributed by atoms with Gasteiger partial charge >= 0.3 is 0 Å². The normalized spacial score (nSPS) is 10.1. The number of nitrogens with two attached hydrogens (primary N) is 2. The SMILES string of the molecule is NCC(N)=[C-]O.[Zn]. The van der Waals surface area contributed by atoms with Gasteiger partial charge in [0, 0.05) is 26.0 Å². The van der Waals surface area contributed by atoms with Crippen molar-refractivity contribution in [3.8, 4) is 0 Å². The zero-order valence-corrected chi connectivity index (χ0v) is 6.98. The van der Waals surface area contributed by atoms with Crippen molar-refractivity contribution in [1.29, 1.82) is 0 Å². The largest absolute Gasteiger partial charge is 0.704 e. The molecular weight excluding hydrogens is 145 g/mol. The molecule has 0 bridgehead atoms. The van der Waals surface area contributed by atoms with Crippen LogP contribution >= 0.6 is 0 Å². The van der Waals surface area contributed by atoms with Gasteiger partial charge in [-0.15, -0.1) is 5.70 Å². The predicted molar refractivity (Wildman–Crippen MR) is 22.6 cm³/mol. The van der Waals surface area contributed by atoms with Gasteiger partial charge in [0.2, 0.25) is 0 Å². The van der Waals surface area contributed by atoms with Crippen LogP contribution in [0.3, 0.4) is 0 Å². The molecule has 0 aromatic carbocycles. The topological polar surface area (TPSA) is 72.3 Å². The fourth-order valence-electron chi connectivity index (χ4n) is 0.0456. The molecule has 7 heavy (non-hydrogen) atoms. The van der Waals surface area contributed by atoms with Crippen LogP contribution in [0.2, 0.25) is 0 Å². The average molecular weight is 152 g/mol. The van der Waals surface area contributed by atoms with Crippen LogP contribution in [-0.4, -0.2) is 11.7 Å². The second-order valence-electron chi connectivity index (χ2n) is 0.841. The molecule has 3 nitrogen and oxygen atoms in total. The Labute approximate surface area is 55.1 Å². The van der Waals surface area contributed by atoms with Crippen LogP contribution in [-0.2, 0) is 19.5 Å². The van der Waals surface area contributed by atoms with E-state index >= 15 is 0 Å². The molecule has 0 rings (SSSR count). The summed E-state index contributed by atoms with van der Waals surface area (Å²) in [4.78, 5) is 0. The molecule has 4 heteroatoms. The summed E-state index contributed by atoms with van der Waals surface area (Å²) < 4.78 is 0. The van der Waals surface area contributed by atoms with Crippen LogP contribution in [0.5, 0.6) is 0 Å². The van der Waals surface area contributed by atoms with E-state index in [0.29, 0.717) is 0 Å². The molecule has 0 spiro atoms. The third kappa shape index (κ3) is 5.92. The zero-order chi connectivity index (χ0) is 4.99. The summed E-state index contributed by atoms with van der Waals surface area (Å²) in [5.74, 6) is 0. The van der Waals surface area contributed by atoms with Gasteiger partial charge in [0.05, 0.1) is 0 Å². The van der Waals surface area contributed by atoms with E-state index in [1.165, 1.54) is 0 Å². The Bertz CT molecular complexity index is 64.0. The maximum Gasteiger partial charge on any atom is 0.00134 e. The quantitative estimate of drug-likeness (QED) is 0.259. The van der Waals surface area contributed by atoms with Crippen molar-refractivity contribution < 1.29 is 24.6 Å². The van der Waals surface area contributed by atoms with Crippen LogP contribution in [0, 0.1) is 6.26 Å².